The first-order valence-corrected chi connectivity index (χ1v) is 12.5. The van der Waals surface area contributed by atoms with E-state index in [-0.39, 0.29) is 5.91 Å². The number of carbonyl (C=O) groups excluding carboxylic acids is 1. The third-order valence-corrected chi connectivity index (χ3v) is 6.85. The molecule has 1 aliphatic rings. The SMILES string of the molecule is COc1cccc(CC2CCN(C(=O)CC/C(C(C)=N)=C(\C)Nc3ccc4nnc(C)n4n3)CC2)c1. The molecular weight excluding hydrogens is 454 g/mol. The van der Waals surface area contributed by atoms with Gasteiger partial charge in [-0.25, -0.2) is 0 Å². The van der Waals surface area contributed by atoms with Crippen LogP contribution < -0.4 is 10.1 Å². The lowest BCUT2D eigenvalue weighted by Crippen LogP contribution is -2.38. The maximum Gasteiger partial charge on any atom is 0.222 e. The lowest BCUT2D eigenvalue weighted by Gasteiger charge is -2.32. The number of benzene rings is 1. The van der Waals surface area contributed by atoms with Crippen LogP contribution in [0.15, 0.2) is 47.7 Å². The van der Waals surface area contributed by atoms with E-state index < -0.39 is 0 Å². The summed E-state index contributed by atoms with van der Waals surface area (Å²) in [7, 11) is 1.69. The van der Waals surface area contributed by atoms with Gasteiger partial charge in [-0.05, 0) is 87.8 Å². The fraction of sp³-hybridized carbons (Fsp3) is 0.444. The molecule has 0 unspecified atom stereocenters. The van der Waals surface area contributed by atoms with Crippen LogP contribution in [0.5, 0.6) is 5.75 Å². The van der Waals surface area contributed by atoms with Crippen LogP contribution in [0, 0.1) is 18.3 Å². The largest absolute Gasteiger partial charge is 0.497 e. The van der Waals surface area contributed by atoms with Gasteiger partial charge in [0.1, 0.15) is 5.75 Å². The van der Waals surface area contributed by atoms with Crippen molar-refractivity contribution >= 4 is 23.1 Å². The Morgan fingerprint density at radius 2 is 1.92 bits per heavy atom. The molecule has 3 heterocycles. The average Bonchev–Trinajstić information content (AvgIpc) is 3.24. The van der Waals surface area contributed by atoms with Crippen molar-refractivity contribution < 1.29 is 9.53 Å². The first kappa shape index (κ1) is 25.3. The predicted molar refractivity (Wildman–Crippen MR) is 140 cm³/mol. The van der Waals surface area contributed by atoms with Gasteiger partial charge in [-0.15, -0.1) is 15.3 Å². The number of nitrogens with zero attached hydrogens (tertiary/aromatic N) is 5. The zero-order valence-electron chi connectivity index (χ0n) is 21.5. The van der Waals surface area contributed by atoms with Crippen LogP contribution in [0.25, 0.3) is 5.65 Å². The summed E-state index contributed by atoms with van der Waals surface area (Å²) in [6, 6.07) is 11.9. The number of rotatable bonds is 9. The highest BCUT2D eigenvalue weighted by Crippen LogP contribution is 2.25. The molecule has 1 aliphatic heterocycles. The van der Waals surface area contributed by atoms with E-state index >= 15 is 0 Å². The van der Waals surface area contributed by atoms with Crippen LogP contribution in [-0.2, 0) is 11.2 Å². The molecule has 4 rings (SSSR count). The average molecular weight is 490 g/mol. The molecule has 2 N–H and O–H groups in total. The number of carbonyl (C=O) groups is 1. The highest BCUT2D eigenvalue weighted by Gasteiger charge is 2.23. The number of hydrogen-bond acceptors (Lipinski definition) is 7. The maximum atomic E-state index is 13.0. The normalized spacial score (nSPS) is 15.1. The molecule has 0 saturated carbocycles. The number of piperidine rings is 1. The molecule has 1 saturated heterocycles. The summed E-state index contributed by atoms with van der Waals surface area (Å²) in [5, 5.41) is 24.2. The molecule has 3 aromatic rings. The molecule has 0 radical (unpaired) electrons. The van der Waals surface area contributed by atoms with Crippen LogP contribution >= 0.6 is 0 Å². The van der Waals surface area contributed by atoms with E-state index in [1.807, 2.05) is 43.0 Å². The Labute approximate surface area is 212 Å². The number of methoxy groups -OCH3 is 1. The number of anilines is 1. The van der Waals surface area contributed by atoms with E-state index in [9.17, 15) is 4.79 Å². The van der Waals surface area contributed by atoms with Gasteiger partial charge >= 0.3 is 0 Å². The van der Waals surface area contributed by atoms with Crippen molar-refractivity contribution in [1.82, 2.24) is 24.7 Å². The third-order valence-electron chi connectivity index (χ3n) is 6.85. The molecule has 0 aliphatic carbocycles. The van der Waals surface area contributed by atoms with Gasteiger partial charge in [0.05, 0.1) is 7.11 Å². The van der Waals surface area contributed by atoms with E-state index in [4.69, 9.17) is 10.1 Å². The Morgan fingerprint density at radius 1 is 1.14 bits per heavy atom. The van der Waals surface area contributed by atoms with E-state index in [1.165, 1.54) is 5.56 Å². The zero-order valence-corrected chi connectivity index (χ0v) is 21.5. The molecule has 0 atom stereocenters. The highest BCUT2D eigenvalue weighted by molar-refractivity contribution is 5.97. The number of nitrogens with one attached hydrogen (secondary N) is 2. The second kappa shape index (κ2) is 11.3. The van der Waals surface area contributed by atoms with Crippen LogP contribution in [0.4, 0.5) is 5.82 Å². The van der Waals surface area contributed by atoms with Gasteiger partial charge in [0, 0.05) is 30.9 Å². The Balaban J connectivity index is 1.31. The van der Waals surface area contributed by atoms with Gasteiger partial charge in [-0.3, -0.25) is 4.79 Å². The number of aryl methyl sites for hydroxylation is 1. The Hall–Kier alpha value is -3.75. The zero-order chi connectivity index (χ0) is 25.7. The van der Waals surface area contributed by atoms with Gasteiger partial charge < -0.3 is 20.4 Å². The van der Waals surface area contributed by atoms with Gasteiger partial charge in [-0.2, -0.15) is 4.52 Å². The molecule has 9 heteroatoms. The molecule has 1 aromatic carbocycles. The van der Waals surface area contributed by atoms with Crippen molar-refractivity contribution in [3.8, 4) is 5.75 Å². The van der Waals surface area contributed by atoms with E-state index in [0.717, 1.165) is 49.4 Å². The number of aromatic nitrogens is 4. The summed E-state index contributed by atoms with van der Waals surface area (Å²) in [5.41, 5.74) is 4.07. The first-order valence-electron chi connectivity index (χ1n) is 12.5. The van der Waals surface area contributed by atoms with E-state index in [1.54, 1.807) is 18.5 Å². The molecule has 1 fully saturated rings. The van der Waals surface area contributed by atoms with Gasteiger partial charge in [-0.1, -0.05) is 12.1 Å². The van der Waals surface area contributed by atoms with Crippen LogP contribution in [0.2, 0.25) is 0 Å². The van der Waals surface area contributed by atoms with Crippen LogP contribution in [0.3, 0.4) is 0 Å². The second-order valence-corrected chi connectivity index (χ2v) is 9.47. The quantitative estimate of drug-likeness (QED) is 0.431. The van der Waals surface area contributed by atoms with Crippen molar-refractivity contribution in [3.63, 3.8) is 0 Å². The van der Waals surface area contributed by atoms with Crippen molar-refractivity contribution in [1.29, 1.82) is 5.41 Å². The molecule has 2 aromatic heterocycles. The fourth-order valence-electron chi connectivity index (χ4n) is 4.80. The van der Waals surface area contributed by atoms with Crippen molar-refractivity contribution in [2.45, 2.75) is 52.9 Å². The molecule has 1 amide bonds. The Kier molecular flexibility index (Phi) is 7.97. The summed E-state index contributed by atoms with van der Waals surface area (Å²) >= 11 is 0. The lowest BCUT2D eigenvalue weighted by molar-refractivity contribution is -0.132. The summed E-state index contributed by atoms with van der Waals surface area (Å²) < 4.78 is 7.01. The lowest BCUT2D eigenvalue weighted by atomic mass is 9.90. The Bertz CT molecular complexity index is 1270. The van der Waals surface area contributed by atoms with Crippen LogP contribution in [-0.4, -0.2) is 56.5 Å². The fourth-order valence-corrected chi connectivity index (χ4v) is 4.80. The molecule has 0 spiro atoms. The number of amides is 1. The minimum atomic E-state index is 0.154. The second-order valence-electron chi connectivity index (χ2n) is 9.47. The van der Waals surface area contributed by atoms with Gasteiger partial charge in [0.2, 0.25) is 5.91 Å². The maximum absolute atomic E-state index is 13.0. The minimum Gasteiger partial charge on any atom is -0.497 e. The smallest absolute Gasteiger partial charge is 0.222 e. The molecule has 36 heavy (non-hydrogen) atoms. The summed E-state index contributed by atoms with van der Waals surface area (Å²) in [6.07, 6.45) is 3.93. The molecular formula is C27H35N7O2. The number of allylic oxidation sites excluding steroid dienone is 2. The van der Waals surface area contributed by atoms with E-state index in [0.29, 0.717) is 41.8 Å². The van der Waals surface area contributed by atoms with Gasteiger partial charge in [0.25, 0.3) is 0 Å². The number of likely N-dealkylation sites (tertiary alicyclic amines) is 1. The van der Waals surface area contributed by atoms with Crippen molar-refractivity contribution in [2.24, 2.45) is 5.92 Å². The molecule has 190 valence electrons. The third kappa shape index (κ3) is 6.08. The first-order chi connectivity index (χ1) is 17.3. The number of ether oxygens (including phenoxy) is 1. The number of hydrogen-bond donors (Lipinski definition) is 2. The molecule has 0 bridgehead atoms. The molecule has 9 nitrogen and oxygen atoms in total. The highest BCUT2D eigenvalue weighted by atomic mass is 16.5. The summed E-state index contributed by atoms with van der Waals surface area (Å²) in [5.74, 6) is 2.97. The van der Waals surface area contributed by atoms with Gasteiger partial charge in [0.15, 0.2) is 17.3 Å². The van der Waals surface area contributed by atoms with Crippen molar-refractivity contribution in [3.05, 3.63) is 59.1 Å². The van der Waals surface area contributed by atoms with E-state index in [2.05, 4.69) is 32.7 Å². The standard InChI is InChI=1S/C27H35N7O2/c1-18(28)24(19(2)29-25-9-10-26-31-30-20(3)34(26)32-25)8-11-27(35)33-14-12-21(13-15-33)16-22-6-5-7-23(17-22)36-4/h5-7,9-10,17,21,28H,8,11-16H2,1-4H3,(H,29,32)/b24-19-,28-18?. The van der Waals surface area contributed by atoms with Crippen LogP contribution in [0.1, 0.15) is 50.9 Å². The van der Waals surface area contributed by atoms with Crippen molar-refractivity contribution in [2.75, 3.05) is 25.5 Å². The topological polar surface area (TPSA) is 108 Å². The Morgan fingerprint density at radius 3 is 2.64 bits per heavy atom. The monoisotopic (exact) mass is 489 g/mol. The summed E-state index contributed by atoms with van der Waals surface area (Å²) in [6.45, 7) is 7.10. The minimum absolute atomic E-state index is 0.154. The predicted octanol–water partition coefficient (Wildman–Crippen LogP) is 4.43. The summed E-state index contributed by atoms with van der Waals surface area (Å²) in [4.78, 5) is 15.0. The number of fused-ring (bicyclic) bond motifs is 1.